The molecule has 3 heterocycles. The standard InChI is InChI=1S/C19H18N6O/c1-12-5-3-7-15(9-12)22-18-23-17(14-6-4-8-20-11-14)25-16(26)10-13(2)21-19(25)24-18/h3-11,17H,1-2H3,(H2,21,22,23,24)/p+1/t17-/m1/s1. The number of aryl methyl sites for hydroxylation is 2. The molecule has 0 amide bonds. The Labute approximate surface area is 150 Å². The topological polar surface area (TPSA) is 85.8 Å². The lowest BCUT2D eigenvalue weighted by atomic mass is 10.2. The summed E-state index contributed by atoms with van der Waals surface area (Å²) in [5, 5.41) is 6.49. The number of anilines is 2. The first-order valence-electron chi connectivity index (χ1n) is 8.34. The number of hydrogen-bond donors (Lipinski definition) is 3. The molecule has 7 heteroatoms. The molecule has 1 aromatic carbocycles. The molecule has 26 heavy (non-hydrogen) atoms. The van der Waals surface area contributed by atoms with Crippen molar-refractivity contribution in [3.8, 4) is 0 Å². The zero-order chi connectivity index (χ0) is 18.1. The minimum Gasteiger partial charge on any atom is -0.269 e. The molecule has 4 rings (SSSR count). The largest absolute Gasteiger partial charge is 0.357 e. The molecular formula is C19H19N6O+. The molecule has 0 aliphatic carbocycles. The highest BCUT2D eigenvalue weighted by atomic mass is 16.1. The number of guanidine groups is 1. The van der Waals surface area contributed by atoms with Crippen molar-refractivity contribution < 1.29 is 4.99 Å². The highest BCUT2D eigenvalue weighted by Gasteiger charge is 2.29. The van der Waals surface area contributed by atoms with E-state index in [2.05, 4.69) is 25.6 Å². The Balaban J connectivity index is 1.79. The number of pyridine rings is 1. The van der Waals surface area contributed by atoms with Gasteiger partial charge in [-0.3, -0.25) is 14.8 Å². The predicted octanol–water partition coefficient (Wildman–Crippen LogP) is 0.776. The van der Waals surface area contributed by atoms with Crippen LogP contribution in [0.4, 0.5) is 11.6 Å². The smallest absolute Gasteiger partial charge is 0.269 e. The quantitative estimate of drug-likeness (QED) is 0.638. The van der Waals surface area contributed by atoms with E-state index in [0.717, 1.165) is 16.8 Å². The molecule has 3 N–H and O–H groups in total. The molecule has 0 unspecified atom stereocenters. The molecule has 0 radical (unpaired) electrons. The Bertz CT molecular complexity index is 1040. The van der Waals surface area contributed by atoms with Crippen molar-refractivity contribution in [1.82, 2.24) is 14.5 Å². The second-order valence-corrected chi connectivity index (χ2v) is 6.26. The van der Waals surface area contributed by atoms with Gasteiger partial charge in [0.05, 0.1) is 5.69 Å². The van der Waals surface area contributed by atoms with Gasteiger partial charge in [-0.1, -0.05) is 18.2 Å². The first kappa shape index (κ1) is 16.0. The molecule has 7 nitrogen and oxygen atoms in total. The van der Waals surface area contributed by atoms with Crippen molar-refractivity contribution in [3.63, 3.8) is 0 Å². The van der Waals surface area contributed by atoms with Crippen LogP contribution in [0.15, 0.2) is 59.7 Å². The van der Waals surface area contributed by atoms with Crippen molar-refractivity contribution in [2.45, 2.75) is 20.0 Å². The lowest BCUT2D eigenvalue weighted by molar-refractivity contribution is -0.520. The third-order valence-electron chi connectivity index (χ3n) is 4.14. The predicted molar refractivity (Wildman–Crippen MR) is 100 cm³/mol. The lowest BCUT2D eigenvalue weighted by Crippen LogP contribution is -2.82. The normalized spacial score (nSPS) is 15.6. The molecule has 0 saturated heterocycles. The Morgan fingerprint density at radius 1 is 1.19 bits per heavy atom. The van der Waals surface area contributed by atoms with Crippen LogP contribution in [0.1, 0.15) is 23.0 Å². The van der Waals surface area contributed by atoms with Crippen LogP contribution in [-0.4, -0.2) is 20.5 Å². The number of rotatable bonds is 2. The fraction of sp³-hybridized carbons (Fsp3) is 0.158. The lowest BCUT2D eigenvalue weighted by Gasteiger charge is -2.22. The van der Waals surface area contributed by atoms with E-state index in [9.17, 15) is 4.79 Å². The molecule has 0 bridgehead atoms. The van der Waals surface area contributed by atoms with Gasteiger partial charge in [0.2, 0.25) is 0 Å². The van der Waals surface area contributed by atoms with E-state index >= 15 is 0 Å². The van der Waals surface area contributed by atoms with E-state index in [1.807, 2.05) is 43.3 Å². The summed E-state index contributed by atoms with van der Waals surface area (Å²) in [5.74, 6) is 1.14. The van der Waals surface area contributed by atoms with Crippen LogP contribution in [0.5, 0.6) is 0 Å². The van der Waals surface area contributed by atoms with E-state index in [4.69, 9.17) is 0 Å². The number of hydrogen-bond acceptors (Lipinski definition) is 5. The van der Waals surface area contributed by atoms with Crippen molar-refractivity contribution in [2.75, 3.05) is 10.6 Å². The SMILES string of the molecule is Cc1cccc(NC2=[NH+][C@@H](c3cccnc3)n3c(nc(C)cc3=O)N2)c1. The Morgan fingerprint density at radius 2 is 2.08 bits per heavy atom. The molecule has 1 atom stereocenters. The monoisotopic (exact) mass is 347 g/mol. The number of fused-ring (bicyclic) bond motifs is 1. The fourth-order valence-corrected chi connectivity index (χ4v) is 3.00. The van der Waals surface area contributed by atoms with E-state index in [0.29, 0.717) is 17.6 Å². The minimum atomic E-state index is -0.409. The molecule has 1 aliphatic rings. The van der Waals surface area contributed by atoms with E-state index in [1.165, 1.54) is 6.07 Å². The van der Waals surface area contributed by atoms with Gasteiger partial charge in [-0.05, 0) is 37.6 Å². The highest BCUT2D eigenvalue weighted by molar-refractivity contribution is 5.99. The zero-order valence-electron chi connectivity index (χ0n) is 14.5. The summed E-state index contributed by atoms with van der Waals surface area (Å²) in [6.45, 7) is 3.84. The minimum absolute atomic E-state index is 0.129. The van der Waals surface area contributed by atoms with Gasteiger partial charge in [0.15, 0.2) is 6.17 Å². The second-order valence-electron chi connectivity index (χ2n) is 6.26. The van der Waals surface area contributed by atoms with E-state index in [-0.39, 0.29) is 5.56 Å². The van der Waals surface area contributed by atoms with Crippen LogP contribution < -0.4 is 21.2 Å². The first-order valence-corrected chi connectivity index (χ1v) is 8.34. The zero-order valence-corrected chi connectivity index (χ0v) is 14.5. The molecule has 1 aliphatic heterocycles. The van der Waals surface area contributed by atoms with Gasteiger partial charge in [0.25, 0.3) is 11.5 Å². The third-order valence-corrected chi connectivity index (χ3v) is 4.14. The second kappa shape index (κ2) is 6.44. The summed E-state index contributed by atoms with van der Waals surface area (Å²) in [4.78, 5) is 24.6. The molecule has 2 aromatic heterocycles. The summed E-state index contributed by atoms with van der Waals surface area (Å²) in [7, 11) is 0. The molecule has 130 valence electrons. The Morgan fingerprint density at radius 3 is 2.85 bits per heavy atom. The summed E-state index contributed by atoms with van der Waals surface area (Å²) in [5.41, 5.74) is 3.49. The molecule has 0 spiro atoms. The maximum atomic E-state index is 12.6. The number of nitrogens with zero attached hydrogens (tertiary/aromatic N) is 3. The van der Waals surface area contributed by atoms with E-state index < -0.39 is 6.17 Å². The number of aromatic nitrogens is 3. The highest BCUT2D eigenvalue weighted by Crippen LogP contribution is 2.16. The van der Waals surface area contributed by atoms with Gasteiger partial charge in [-0.15, -0.1) is 0 Å². The number of benzene rings is 1. The average Bonchev–Trinajstić information content (AvgIpc) is 2.61. The van der Waals surface area contributed by atoms with Crippen LogP contribution in [0.3, 0.4) is 0 Å². The van der Waals surface area contributed by atoms with Crippen LogP contribution >= 0.6 is 0 Å². The van der Waals surface area contributed by atoms with Gasteiger partial charge in [-0.2, -0.15) is 0 Å². The van der Waals surface area contributed by atoms with Gasteiger partial charge in [-0.25, -0.2) is 20.2 Å². The van der Waals surface area contributed by atoms with Crippen molar-refractivity contribution in [3.05, 3.63) is 82.0 Å². The number of nitrogens with one attached hydrogen (secondary N) is 3. The summed E-state index contributed by atoms with van der Waals surface area (Å²) < 4.78 is 1.59. The maximum absolute atomic E-state index is 12.6. The van der Waals surface area contributed by atoms with Crippen LogP contribution in [0, 0.1) is 13.8 Å². The third kappa shape index (κ3) is 3.06. The first-order chi connectivity index (χ1) is 12.6. The van der Waals surface area contributed by atoms with Crippen molar-refractivity contribution >= 4 is 17.6 Å². The molecular weight excluding hydrogens is 328 g/mol. The Kier molecular flexibility index (Phi) is 3.96. The van der Waals surface area contributed by atoms with Crippen LogP contribution in [-0.2, 0) is 0 Å². The summed E-state index contributed by atoms with van der Waals surface area (Å²) >= 11 is 0. The summed E-state index contributed by atoms with van der Waals surface area (Å²) in [6.07, 6.45) is 3.04. The molecule has 0 saturated carbocycles. The Hall–Kier alpha value is -3.48. The summed E-state index contributed by atoms with van der Waals surface area (Å²) in [6, 6.07) is 13.3. The van der Waals surface area contributed by atoms with Crippen molar-refractivity contribution in [1.29, 1.82) is 0 Å². The van der Waals surface area contributed by atoms with Gasteiger partial charge >= 0.3 is 5.96 Å². The van der Waals surface area contributed by atoms with Gasteiger partial charge in [0.1, 0.15) is 0 Å². The van der Waals surface area contributed by atoms with Gasteiger partial charge in [0, 0.05) is 29.7 Å². The van der Waals surface area contributed by atoms with Crippen molar-refractivity contribution in [2.24, 2.45) is 0 Å². The fourth-order valence-electron chi connectivity index (χ4n) is 3.00. The van der Waals surface area contributed by atoms with Crippen LogP contribution in [0.25, 0.3) is 0 Å². The van der Waals surface area contributed by atoms with E-state index in [1.54, 1.807) is 23.9 Å². The molecule has 3 aromatic rings. The van der Waals surface area contributed by atoms with Gasteiger partial charge < -0.3 is 0 Å². The maximum Gasteiger partial charge on any atom is 0.357 e. The average molecular weight is 347 g/mol. The van der Waals surface area contributed by atoms with Crippen LogP contribution in [0.2, 0.25) is 0 Å². The molecule has 0 fully saturated rings.